The molecule has 0 saturated heterocycles. The van der Waals surface area contributed by atoms with Crippen molar-refractivity contribution in [3.63, 3.8) is 0 Å². The summed E-state index contributed by atoms with van der Waals surface area (Å²) in [5.41, 5.74) is 7.15. The molecule has 84 valence electrons. The fourth-order valence-electron chi connectivity index (χ4n) is 1.84. The first-order valence-corrected chi connectivity index (χ1v) is 6.22. The number of thiazole rings is 1. The Kier molecular flexibility index (Phi) is 3.23. The molecule has 1 saturated carbocycles. The molecule has 0 aromatic carbocycles. The zero-order chi connectivity index (χ0) is 10.7. The molecule has 0 radical (unpaired) electrons. The lowest BCUT2D eigenvalue weighted by Gasteiger charge is -2.38. The van der Waals surface area contributed by atoms with E-state index in [0.717, 1.165) is 38.0 Å². The third kappa shape index (κ3) is 2.90. The normalized spacial score (nSPS) is 18.7. The second-order valence-corrected chi connectivity index (χ2v) is 5.16. The van der Waals surface area contributed by atoms with Gasteiger partial charge in [-0.25, -0.2) is 0 Å². The summed E-state index contributed by atoms with van der Waals surface area (Å²) < 4.78 is 0. The van der Waals surface area contributed by atoms with Crippen LogP contribution in [0.4, 0.5) is 0 Å². The monoisotopic (exact) mass is 227 g/mol. The number of nitrogens with two attached hydrogens (primary N) is 1. The van der Waals surface area contributed by atoms with Crippen molar-refractivity contribution in [3.8, 4) is 0 Å². The van der Waals surface area contributed by atoms with Crippen molar-refractivity contribution in [2.45, 2.75) is 37.8 Å². The van der Waals surface area contributed by atoms with Gasteiger partial charge in [0.25, 0.3) is 0 Å². The van der Waals surface area contributed by atoms with Crippen LogP contribution in [0, 0.1) is 0 Å². The number of nitrogens with one attached hydrogen (secondary N) is 2. The third-order valence-electron chi connectivity index (χ3n) is 3.04. The van der Waals surface area contributed by atoms with E-state index >= 15 is 0 Å². The highest BCUT2D eigenvalue weighted by molar-refractivity contribution is 7.07. The van der Waals surface area contributed by atoms with Crippen LogP contribution >= 0.6 is 11.3 Å². The quantitative estimate of drug-likeness (QED) is 0.652. The van der Waals surface area contributed by atoms with Crippen LogP contribution in [0.1, 0.15) is 31.4 Å². The number of rotatable bonds is 5. The lowest BCUT2D eigenvalue weighted by molar-refractivity contribution is 0.229. The summed E-state index contributed by atoms with van der Waals surface area (Å²) in [5.74, 6) is 0. The highest BCUT2D eigenvalue weighted by atomic mass is 32.1. The second-order valence-electron chi connectivity index (χ2n) is 4.32. The fraction of sp³-hybridized carbons (Fsp3) is 0.700. The average Bonchev–Trinajstić information content (AvgIpc) is 2.56. The SMILES string of the molecule is NC1(CCNCc2csc(=O)[nH]2)CCC1. The molecule has 1 aromatic heterocycles. The molecule has 1 aromatic rings. The van der Waals surface area contributed by atoms with E-state index in [0.29, 0.717) is 0 Å². The topological polar surface area (TPSA) is 70.9 Å². The highest BCUT2D eigenvalue weighted by Crippen LogP contribution is 2.31. The molecule has 1 heterocycles. The molecule has 1 aliphatic carbocycles. The van der Waals surface area contributed by atoms with Crippen LogP contribution in [-0.4, -0.2) is 17.1 Å². The molecule has 5 heteroatoms. The van der Waals surface area contributed by atoms with Gasteiger partial charge in [-0.15, -0.1) is 0 Å². The lowest BCUT2D eigenvalue weighted by atomic mass is 9.75. The van der Waals surface area contributed by atoms with Gasteiger partial charge in [0.05, 0.1) is 0 Å². The summed E-state index contributed by atoms with van der Waals surface area (Å²) in [6.07, 6.45) is 4.61. The minimum atomic E-state index is 0.0149. The zero-order valence-electron chi connectivity index (χ0n) is 8.71. The lowest BCUT2D eigenvalue weighted by Crippen LogP contribution is -2.48. The van der Waals surface area contributed by atoms with Crippen LogP contribution in [0.25, 0.3) is 0 Å². The Labute approximate surface area is 92.9 Å². The molecule has 0 atom stereocenters. The Morgan fingerprint density at radius 1 is 1.60 bits per heavy atom. The molecule has 4 N–H and O–H groups in total. The van der Waals surface area contributed by atoms with Gasteiger partial charge in [-0.2, -0.15) is 0 Å². The minimum Gasteiger partial charge on any atom is -0.325 e. The molecular formula is C10H17N3OS. The fourth-order valence-corrected chi connectivity index (χ4v) is 2.42. The Bertz CT molecular complexity index is 367. The van der Waals surface area contributed by atoms with E-state index in [1.807, 2.05) is 5.38 Å². The van der Waals surface area contributed by atoms with E-state index in [2.05, 4.69) is 10.3 Å². The smallest absolute Gasteiger partial charge is 0.304 e. The zero-order valence-corrected chi connectivity index (χ0v) is 9.53. The van der Waals surface area contributed by atoms with Gasteiger partial charge in [0.15, 0.2) is 0 Å². The molecular weight excluding hydrogens is 210 g/mol. The molecule has 1 fully saturated rings. The van der Waals surface area contributed by atoms with Crippen molar-refractivity contribution >= 4 is 11.3 Å². The molecule has 0 aliphatic heterocycles. The van der Waals surface area contributed by atoms with Gasteiger partial charge in [-0.3, -0.25) is 4.79 Å². The van der Waals surface area contributed by atoms with Crippen LogP contribution in [0.2, 0.25) is 0 Å². The summed E-state index contributed by atoms with van der Waals surface area (Å²) >= 11 is 1.21. The maximum atomic E-state index is 10.9. The summed E-state index contributed by atoms with van der Waals surface area (Å²) in [6, 6.07) is 0. The van der Waals surface area contributed by atoms with Crippen molar-refractivity contribution < 1.29 is 0 Å². The van der Waals surface area contributed by atoms with Crippen molar-refractivity contribution in [1.29, 1.82) is 0 Å². The maximum absolute atomic E-state index is 10.9. The van der Waals surface area contributed by atoms with Gasteiger partial charge in [-0.1, -0.05) is 11.3 Å². The highest BCUT2D eigenvalue weighted by Gasteiger charge is 2.31. The van der Waals surface area contributed by atoms with Crippen molar-refractivity contribution in [2.75, 3.05) is 6.54 Å². The van der Waals surface area contributed by atoms with Crippen LogP contribution in [0.3, 0.4) is 0 Å². The van der Waals surface area contributed by atoms with Gasteiger partial charge in [-0.05, 0) is 32.2 Å². The average molecular weight is 227 g/mol. The van der Waals surface area contributed by atoms with E-state index in [9.17, 15) is 4.79 Å². The molecule has 0 amide bonds. The molecule has 0 bridgehead atoms. The number of hydrogen-bond donors (Lipinski definition) is 3. The third-order valence-corrected chi connectivity index (χ3v) is 3.75. The van der Waals surface area contributed by atoms with Crippen molar-refractivity contribution in [2.24, 2.45) is 5.73 Å². The van der Waals surface area contributed by atoms with Crippen LogP contribution < -0.4 is 15.9 Å². The van der Waals surface area contributed by atoms with Crippen LogP contribution in [0.15, 0.2) is 10.2 Å². The van der Waals surface area contributed by atoms with E-state index in [1.165, 1.54) is 17.8 Å². The van der Waals surface area contributed by atoms with Gasteiger partial charge in [0.2, 0.25) is 0 Å². The number of aromatic amines is 1. The van der Waals surface area contributed by atoms with E-state index in [4.69, 9.17) is 5.73 Å². The van der Waals surface area contributed by atoms with Crippen LogP contribution in [-0.2, 0) is 6.54 Å². The van der Waals surface area contributed by atoms with E-state index in [-0.39, 0.29) is 10.4 Å². The molecule has 0 unspecified atom stereocenters. The minimum absolute atomic E-state index is 0.0149. The summed E-state index contributed by atoms with van der Waals surface area (Å²) in [4.78, 5) is 13.6. The molecule has 1 aliphatic rings. The van der Waals surface area contributed by atoms with Gasteiger partial charge in [0, 0.05) is 23.2 Å². The predicted molar refractivity (Wildman–Crippen MR) is 62.0 cm³/mol. The largest absolute Gasteiger partial charge is 0.325 e. The summed E-state index contributed by atoms with van der Waals surface area (Å²) in [6.45, 7) is 1.66. The summed E-state index contributed by atoms with van der Waals surface area (Å²) in [7, 11) is 0. The second kappa shape index (κ2) is 4.47. The maximum Gasteiger partial charge on any atom is 0.304 e. The van der Waals surface area contributed by atoms with Gasteiger partial charge < -0.3 is 16.0 Å². The van der Waals surface area contributed by atoms with Crippen molar-refractivity contribution in [1.82, 2.24) is 10.3 Å². The number of aromatic nitrogens is 1. The Morgan fingerprint density at radius 3 is 2.93 bits per heavy atom. The first kappa shape index (κ1) is 10.9. The predicted octanol–water partition coefficient (Wildman–Crippen LogP) is 0.797. The van der Waals surface area contributed by atoms with E-state index < -0.39 is 0 Å². The Hall–Kier alpha value is -0.650. The Balaban J connectivity index is 1.65. The first-order valence-electron chi connectivity index (χ1n) is 5.34. The standard InChI is InChI=1S/C10H17N3OS/c11-10(2-1-3-10)4-5-12-6-8-7-15-9(14)13-8/h7,12H,1-6,11H2,(H,13,14). The van der Waals surface area contributed by atoms with Gasteiger partial charge in [0.1, 0.15) is 0 Å². The number of hydrogen-bond acceptors (Lipinski definition) is 4. The molecule has 4 nitrogen and oxygen atoms in total. The first-order chi connectivity index (χ1) is 7.18. The summed E-state index contributed by atoms with van der Waals surface area (Å²) in [5, 5.41) is 5.15. The molecule has 0 spiro atoms. The Morgan fingerprint density at radius 2 is 2.40 bits per heavy atom. The van der Waals surface area contributed by atoms with E-state index in [1.54, 1.807) is 0 Å². The molecule has 15 heavy (non-hydrogen) atoms. The van der Waals surface area contributed by atoms with Crippen molar-refractivity contribution in [3.05, 3.63) is 20.7 Å². The van der Waals surface area contributed by atoms with Crippen LogP contribution in [0.5, 0.6) is 0 Å². The number of H-pyrrole nitrogens is 1. The van der Waals surface area contributed by atoms with Gasteiger partial charge >= 0.3 is 4.87 Å². The molecule has 2 rings (SSSR count).